The van der Waals surface area contributed by atoms with Crippen LogP contribution in [0.4, 0.5) is 11.5 Å². The Labute approximate surface area is 249 Å². The predicted molar refractivity (Wildman–Crippen MR) is 168 cm³/mol. The highest BCUT2D eigenvalue weighted by Crippen LogP contribution is 2.33. The molecule has 4 aromatic rings. The summed E-state index contributed by atoms with van der Waals surface area (Å²) >= 11 is 12.6. The first-order valence-corrected chi connectivity index (χ1v) is 14.7. The van der Waals surface area contributed by atoms with Crippen molar-refractivity contribution in [1.82, 2.24) is 9.88 Å². The van der Waals surface area contributed by atoms with Crippen molar-refractivity contribution in [2.75, 3.05) is 49.1 Å². The number of halogens is 2. The first-order chi connectivity index (χ1) is 20.0. The van der Waals surface area contributed by atoms with Crippen molar-refractivity contribution >= 4 is 63.4 Å². The summed E-state index contributed by atoms with van der Waals surface area (Å²) in [5.41, 5.74) is 3.87. The van der Waals surface area contributed by atoms with Crippen LogP contribution in [0.2, 0.25) is 10.0 Å². The van der Waals surface area contributed by atoms with Crippen molar-refractivity contribution < 1.29 is 9.59 Å². The van der Waals surface area contributed by atoms with E-state index in [-0.39, 0.29) is 11.7 Å². The van der Waals surface area contributed by atoms with Gasteiger partial charge in [0, 0.05) is 61.3 Å². The number of carbonyl (C=O) groups is 2. The minimum absolute atomic E-state index is 0.0473. The molecule has 1 amide bonds. The molecule has 3 heterocycles. The Morgan fingerprint density at radius 1 is 0.756 bits per heavy atom. The lowest BCUT2D eigenvalue weighted by molar-refractivity contribution is 0.0746. The molecule has 0 radical (unpaired) electrons. The molecule has 2 aliphatic heterocycles. The van der Waals surface area contributed by atoms with E-state index in [9.17, 15) is 9.59 Å². The molecule has 2 saturated heterocycles. The van der Waals surface area contributed by atoms with Gasteiger partial charge in [-0.1, -0.05) is 59.6 Å². The molecule has 208 valence electrons. The third-order valence-electron chi connectivity index (χ3n) is 7.81. The average molecular weight is 586 g/mol. The number of pyridine rings is 1. The second kappa shape index (κ2) is 11.9. The van der Waals surface area contributed by atoms with Crippen LogP contribution in [-0.4, -0.2) is 60.8 Å². The Morgan fingerprint density at radius 3 is 2.22 bits per heavy atom. The van der Waals surface area contributed by atoms with Gasteiger partial charge in [-0.3, -0.25) is 9.59 Å². The van der Waals surface area contributed by atoms with E-state index in [1.54, 1.807) is 36.4 Å². The van der Waals surface area contributed by atoms with Crippen LogP contribution in [-0.2, 0) is 0 Å². The molecule has 6 rings (SSSR count). The summed E-state index contributed by atoms with van der Waals surface area (Å²) in [5, 5.41) is 2.10. The molecule has 1 aromatic heterocycles. The third-order valence-corrected chi connectivity index (χ3v) is 8.62. The largest absolute Gasteiger partial charge is 0.367 e. The maximum atomic E-state index is 13.2. The van der Waals surface area contributed by atoms with Crippen LogP contribution in [0.5, 0.6) is 0 Å². The summed E-state index contributed by atoms with van der Waals surface area (Å²) in [6.45, 7) is 4.42. The molecular weight excluding hydrogens is 555 g/mol. The van der Waals surface area contributed by atoms with Gasteiger partial charge >= 0.3 is 0 Å². The van der Waals surface area contributed by atoms with Gasteiger partial charge in [-0.2, -0.15) is 0 Å². The van der Waals surface area contributed by atoms with Gasteiger partial charge < -0.3 is 14.7 Å². The molecule has 3 aromatic carbocycles. The van der Waals surface area contributed by atoms with E-state index in [0.29, 0.717) is 47.4 Å². The molecule has 8 heteroatoms. The van der Waals surface area contributed by atoms with E-state index in [1.807, 2.05) is 47.4 Å². The maximum Gasteiger partial charge on any atom is 0.253 e. The number of hydrogen-bond donors (Lipinski definition) is 0. The van der Waals surface area contributed by atoms with Crippen molar-refractivity contribution in [2.24, 2.45) is 0 Å². The molecule has 0 aliphatic carbocycles. The fraction of sp³-hybridized carbons (Fsp3) is 0.242. The highest BCUT2D eigenvalue weighted by Gasteiger charge is 2.24. The van der Waals surface area contributed by atoms with E-state index < -0.39 is 0 Å². The zero-order valence-electron chi connectivity index (χ0n) is 22.6. The number of anilines is 2. The van der Waals surface area contributed by atoms with Gasteiger partial charge in [-0.15, -0.1) is 0 Å². The predicted octanol–water partition coefficient (Wildman–Crippen LogP) is 7.00. The summed E-state index contributed by atoms with van der Waals surface area (Å²) in [6, 6.07) is 22.7. The number of para-hydroxylation sites is 1. The first kappa shape index (κ1) is 27.3. The molecule has 0 atom stereocenters. The molecule has 0 bridgehead atoms. The van der Waals surface area contributed by atoms with Gasteiger partial charge in [0.2, 0.25) is 0 Å². The summed E-state index contributed by atoms with van der Waals surface area (Å²) in [7, 11) is 0. The van der Waals surface area contributed by atoms with Crippen LogP contribution < -0.4 is 9.80 Å². The van der Waals surface area contributed by atoms with Crippen molar-refractivity contribution in [2.45, 2.75) is 12.8 Å². The van der Waals surface area contributed by atoms with Gasteiger partial charge in [0.15, 0.2) is 5.78 Å². The molecule has 0 unspecified atom stereocenters. The molecule has 41 heavy (non-hydrogen) atoms. The second-order valence-corrected chi connectivity index (χ2v) is 11.2. The Morgan fingerprint density at radius 2 is 1.46 bits per heavy atom. The molecule has 2 aliphatic rings. The number of fused-ring (bicyclic) bond motifs is 1. The fourth-order valence-electron chi connectivity index (χ4n) is 5.54. The quantitative estimate of drug-likeness (QED) is 0.180. The number of carbonyl (C=O) groups excluding carboxylic acids is 2. The zero-order valence-corrected chi connectivity index (χ0v) is 24.1. The van der Waals surface area contributed by atoms with Crippen molar-refractivity contribution in [3.05, 3.63) is 106 Å². The summed E-state index contributed by atoms with van der Waals surface area (Å²) in [5.74, 6) is 0.759. The van der Waals surface area contributed by atoms with Crippen LogP contribution in [0.3, 0.4) is 0 Å². The summed E-state index contributed by atoms with van der Waals surface area (Å²) < 4.78 is 0. The number of nitrogens with zero attached hydrogens (tertiary/aromatic N) is 4. The number of amides is 1. The lowest BCUT2D eigenvalue weighted by atomic mass is 10.1. The van der Waals surface area contributed by atoms with Gasteiger partial charge in [0.05, 0.1) is 21.2 Å². The molecule has 6 nitrogen and oxygen atoms in total. The minimum Gasteiger partial charge on any atom is -0.367 e. The topological polar surface area (TPSA) is 56.8 Å². The molecule has 0 spiro atoms. The number of piperazine rings is 1. The van der Waals surface area contributed by atoms with Crippen LogP contribution in [0, 0.1) is 0 Å². The van der Waals surface area contributed by atoms with Gasteiger partial charge in [-0.05, 0) is 61.4 Å². The Kier molecular flexibility index (Phi) is 7.95. The van der Waals surface area contributed by atoms with Crippen molar-refractivity contribution in [3.63, 3.8) is 0 Å². The van der Waals surface area contributed by atoms with Crippen LogP contribution >= 0.6 is 23.2 Å². The standard InChI is InChI=1S/C33H30Cl2N4O2/c34-27-7-5-9-29(31(27)35)37-18-20-39(21-19-37)33(41)24-12-10-23(11-13-24)30(40)15-14-26-22-25-6-1-2-8-28(25)36-32(26)38-16-3-4-17-38/h1-2,5-15,22H,3-4,16-21H2/b15-14+. The first-order valence-electron chi connectivity index (χ1n) is 13.9. The number of rotatable bonds is 6. The Hall–Kier alpha value is -3.87. The van der Waals surface area contributed by atoms with Crippen LogP contribution in [0.1, 0.15) is 39.1 Å². The van der Waals surface area contributed by atoms with Crippen molar-refractivity contribution in [3.8, 4) is 0 Å². The van der Waals surface area contributed by atoms with E-state index in [1.165, 1.54) is 0 Å². The van der Waals surface area contributed by atoms with Gasteiger partial charge in [0.25, 0.3) is 5.91 Å². The Balaban J connectivity index is 1.12. The monoisotopic (exact) mass is 584 g/mol. The van der Waals surface area contributed by atoms with E-state index in [4.69, 9.17) is 28.2 Å². The van der Waals surface area contributed by atoms with E-state index in [2.05, 4.69) is 15.9 Å². The molecular formula is C33H30Cl2N4O2. The normalized spacial score (nSPS) is 15.7. The molecule has 2 fully saturated rings. The minimum atomic E-state index is -0.114. The number of allylic oxidation sites excluding steroid dienone is 1. The van der Waals surface area contributed by atoms with E-state index in [0.717, 1.165) is 53.9 Å². The molecule has 0 saturated carbocycles. The molecule has 0 N–H and O–H groups in total. The highest BCUT2D eigenvalue weighted by molar-refractivity contribution is 6.43. The van der Waals surface area contributed by atoms with Crippen LogP contribution in [0.25, 0.3) is 17.0 Å². The Bertz CT molecular complexity index is 1620. The van der Waals surface area contributed by atoms with E-state index >= 15 is 0 Å². The second-order valence-electron chi connectivity index (χ2n) is 10.4. The maximum absolute atomic E-state index is 13.2. The number of benzene rings is 3. The number of ketones is 1. The number of hydrogen-bond acceptors (Lipinski definition) is 5. The average Bonchev–Trinajstić information content (AvgIpc) is 3.56. The lowest BCUT2D eigenvalue weighted by Gasteiger charge is -2.36. The zero-order chi connectivity index (χ0) is 28.3. The number of aromatic nitrogens is 1. The summed E-state index contributed by atoms with van der Waals surface area (Å²) in [4.78, 5) is 37.4. The lowest BCUT2D eigenvalue weighted by Crippen LogP contribution is -2.48. The SMILES string of the molecule is O=C(/C=C/c1cc2ccccc2nc1N1CCCC1)c1ccc(C(=O)N2CCN(c3cccc(Cl)c3Cl)CC2)cc1. The third kappa shape index (κ3) is 5.81. The van der Waals surface area contributed by atoms with Gasteiger partial charge in [-0.25, -0.2) is 4.98 Å². The van der Waals surface area contributed by atoms with Gasteiger partial charge in [0.1, 0.15) is 5.82 Å². The van der Waals surface area contributed by atoms with Crippen molar-refractivity contribution in [1.29, 1.82) is 0 Å². The highest BCUT2D eigenvalue weighted by atomic mass is 35.5. The van der Waals surface area contributed by atoms with Crippen LogP contribution in [0.15, 0.2) is 78.9 Å². The summed E-state index contributed by atoms with van der Waals surface area (Å²) in [6.07, 6.45) is 5.75. The fourth-order valence-corrected chi connectivity index (χ4v) is 5.95. The smallest absolute Gasteiger partial charge is 0.253 e.